The molecule has 1 amide bonds. The van der Waals surface area contributed by atoms with Gasteiger partial charge in [0.15, 0.2) is 0 Å². The van der Waals surface area contributed by atoms with E-state index in [4.69, 9.17) is 10.00 Å². The van der Waals surface area contributed by atoms with E-state index >= 15 is 0 Å². The second-order valence-electron chi connectivity index (χ2n) is 10.3. The number of piperazine rings is 1. The second kappa shape index (κ2) is 11.7. The van der Waals surface area contributed by atoms with Crippen LogP contribution >= 0.6 is 0 Å². The Labute approximate surface area is 230 Å². The van der Waals surface area contributed by atoms with E-state index in [0.29, 0.717) is 57.5 Å². The van der Waals surface area contributed by atoms with Gasteiger partial charge in [0, 0.05) is 43.6 Å². The number of halogens is 4. The van der Waals surface area contributed by atoms with Crippen molar-refractivity contribution in [1.29, 1.82) is 5.26 Å². The molecule has 1 N–H and O–H groups in total. The summed E-state index contributed by atoms with van der Waals surface area (Å²) >= 11 is 0. The third-order valence-corrected chi connectivity index (χ3v) is 7.72. The number of alkyl halides is 3. The normalized spacial score (nSPS) is 19.9. The largest absolute Gasteiger partial charge is 0.417 e. The van der Waals surface area contributed by atoms with Crippen LogP contribution in [0, 0.1) is 17.1 Å². The standard InChI is InChI=1S/C30H30F4N4O2/c31-23-4-1-21-16-26(8-3-20(21)15-23)37-11-13-38(14-12-37)29(39)19-40-27-9-6-24(7-10-27)36-25-5-2-22(18-35)28(17-25)30(32,33)34/h1-5,8,15-17,24,27,36H,6-7,9-14,19H2. The summed E-state index contributed by atoms with van der Waals surface area (Å²) in [7, 11) is 0. The molecule has 1 aliphatic heterocycles. The highest BCUT2D eigenvalue weighted by molar-refractivity contribution is 5.86. The molecule has 1 saturated heterocycles. The predicted octanol–water partition coefficient (Wildman–Crippen LogP) is 5.96. The van der Waals surface area contributed by atoms with Crippen molar-refractivity contribution in [1.82, 2.24) is 4.90 Å². The SMILES string of the molecule is N#Cc1ccc(NC2CCC(OCC(=O)N3CCN(c4ccc5cc(F)ccc5c4)CC3)CC2)cc1C(F)(F)F. The minimum Gasteiger partial charge on any atom is -0.382 e. The monoisotopic (exact) mass is 554 g/mol. The highest BCUT2D eigenvalue weighted by atomic mass is 19.4. The maximum atomic E-state index is 13.5. The number of nitrogens with one attached hydrogen (secondary N) is 1. The average molecular weight is 555 g/mol. The lowest BCUT2D eigenvalue weighted by Gasteiger charge is -2.36. The van der Waals surface area contributed by atoms with Crippen molar-refractivity contribution < 1.29 is 27.1 Å². The summed E-state index contributed by atoms with van der Waals surface area (Å²) in [6, 6.07) is 15.9. The molecule has 0 radical (unpaired) electrons. The molecule has 210 valence electrons. The van der Waals surface area contributed by atoms with Crippen LogP contribution in [0.2, 0.25) is 0 Å². The van der Waals surface area contributed by atoms with E-state index in [1.54, 1.807) is 12.1 Å². The Bertz CT molecular complexity index is 1410. The molecule has 5 rings (SSSR count). The highest BCUT2D eigenvalue weighted by Gasteiger charge is 2.34. The maximum Gasteiger partial charge on any atom is 0.417 e. The Morgan fingerprint density at radius 2 is 1.65 bits per heavy atom. The van der Waals surface area contributed by atoms with Crippen LogP contribution in [0.15, 0.2) is 54.6 Å². The molecular formula is C30H30F4N4O2. The van der Waals surface area contributed by atoms with Crippen molar-refractivity contribution in [3.05, 3.63) is 71.5 Å². The topological polar surface area (TPSA) is 68.6 Å². The van der Waals surface area contributed by atoms with Crippen LogP contribution in [0.5, 0.6) is 0 Å². The fraction of sp³-hybridized carbons (Fsp3) is 0.400. The molecular weight excluding hydrogens is 524 g/mol. The van der Waals surface area contributed by atoms with Crippen LogP contribution < -0.4 is 10.2 Å². The Morgan fingerprint density at radius 1 is 0.950 bits per heavy atom. The molecule has 0 bridgehead atoms. The first-order chi connectivity index (χ1) is 19.2. The molecule has 0 unspecified atom stereocenters. The van der Waals surface area contributed by atoms with Gasteiger partial charge in [-0.1, -0.05) is 12.1 Å². The van der Waals surface area contributed by atoms with Gasteiger partial charge >= 0.3 is 6.18 Å². The minimum atomic E-state index is -4.59. The molecule has 0 atom stereocenters. The zero-order chi connectivity index (χ0) is 28.3. The highest BCUT2D eigenvalue weighted by Crippen LogP contribution is 2.34. The summed E-state index contributed by atoms with van der Waals surface area (Å²) < 4.78 is 59.1. The Kier molecular flexibility index (Phi) is 8.12. The lowest BCUT2D eigenvalue weighted by molar-refractivity contribution is -0.139. The summed E-state index contributed by atoms with van der Waals surface area (Å²) in [6.45, 7) is 2.58. The van der Waals surface area contributed by atoms with Crippen molar-refractivity contribution in [3.63, 3.8) is 0 Å². The molecule has 0 aromatic heterocycles. The molecule has 40 heavy (non-hydrogen) atoms. The molecule has 10 heteroatoms. The number of carbonyl (C=O) groups excluding carboxylic acids is 1. The fourth-order valence-corrected chi connectivity index (χ4v) is 5.47. The summed E-state index contributed by atoms with van der Waals surface area (Å²) in [5.74, 6) is -0.309. The summed E-state index contributed by atoms with van der Waals surface area (Å²) in [6.07, 6.45) is -1.85. The Hall–Kier alpha value is -3.84. The smallest absolute Gasteiger partial charge is 0.382 e. The number of fused-ring (bicyclic) bond motifs is 1. The molecule has 1 aliphatic carbocycles. The number of hydrogen-bond donors (Lipinski definition) is 1. The average Bonchev–Trinajstić information content (AvgIpc) is 2.96. The zero-order valence-corrected chi connectivity index (χ0v) is 21.9. The van der Waals surface area contributed by atoms with Crippen molar-refractivity contribution in [3.8, 4) is 6.07 Å². The molecule has 0 spiro atoms. The van der Waals surface area contributed by atoms with Gasteiger partial charge in [-0.2, -0.15) is 18.4 Å². The van der Waals surface area contributed by atoms with Gasteiger partial charge in [0.2, 0.25) is 5.91 Å². The van der Waals surface area contributed by atoms with Crippen LogP contribution in [0.4, 0.5) is 28.9 Å². The first kappa shape index (κ1) is 27.7. The van der Waals surface area contributed by atoms with Gasteiger partial charge in [-0.15, -0.1) is 0 Å². The van der Waals surface area contributed by atoms with Crippen LogP contribution in [0.25, 0.3) is 10.8 Å². The van der Waals surface area contributed by atoms with E-state index in [1.807, 2.05) is 23.1 Å². The molecule has 2 aliphatic rings. The number of nitriles is 1. The summed E-state index contributed by atoms with van der Waals surface area (Å²) in [5, 5.41) is 13.9. The minimum absolute atomic E-state index is 0.00761. The van der Waals surface area contributed by atoms with E-state index in [0.717, 1.165) is 22.5 Å². The van der Waals surface area contributed by atoms with Crippen LogP contribution in [-0.4, -0.2) is 55.7 Å². The van der Waals surface area contributed by atoms with Crippen LogP contribution in [0.3, 0.4) is 0 Å². The van der Waals surface area contributed by atoms with Gasteiger partial charge in [0.05, 0.1) is 23.3 Å². The van der Waals surface area contributed by atoms with Gasteiger partial charge in [0.1, 0.15) is 12.4 Å². The lowest BCUT2D eigenvalue weighted by atomic mass is 9.92. The number of anilines is 2. The molecule has 3 aromatic rings. The number of carbonyl (C=O) groups is 1. The molecule has 6 nitrogen and oxygen atoms in total. The van der Waals surface area contributed by atoms with E-state index in [2.05, 4.69) is 10.2 Å². The Morgan fingerprint density at radius 3 is 2.35 bits per heavy atom. The van der Waals surface area contributed by atoms with Gasteiger partial charge in [0.25, 0.3) is 0 Å². The number of nitrogens with zero attached hydrogens (tertiary/aromatic N) is 3. The number of amides is 1. The van der Waals surface area contributed by atoms with E-state index in [9.17, 15) is 22.4 Å². The van der Waals surface area contributed by atoms with Gasteiger partial charge in [-0.05, 0) is 78.9 Å². The number of rotatable bonds is 6. The van der Waals surface area contributed by atoms with Gasteiger partial charge in [-0.3, -0.25) is 4.79 Å². The zero-order valence-electron chi connectivity index (χ0n) is 21.9. The van der Waals surface area contributed by atoms with E-state index in [-0.39, 0.29) is 30.5 Å². The number of ether oxygens (including phenoxy) is 1. The molecule has 3 aromatic carbocycles. The molecule has 1 heterocycles. The van der Waals surface area contributed by atoms with Crippen molar-refractivity contribution in [2.75, 3.05) is 43.0 Å². The second-order valence-corrected chi connectivity index (χ2v) is 10.3. The first-order valence-corrected chi connectivity index (χ1v) is 13.4. The quantitative estimate of drug-likeness (QED) is 0.381. The maximum absolute atomic E-state index is 13.5. The van der Waals surface area contributed by atoms with E-state index in [1.165, 1.54) is 24.3 Å². The van der Waals surface area contributed by atoms with E-state index < -0.39 is 17.3 Å². The van der Waals surface area contributed by atoms with Crippen molar-refractivity contribution in [2.45, 2.75) is 44.0 Å². The third kappa shape index (κ3) is 6.48. The summed E-state index contributed by atoms with van der Waals surface area (Å²) in [4.78, 5) is 16.8. The van der Waals surface area contributed by atoms with Gasteiger partial charge < -0.3 is 19.9 Å². The lowest BCUT2D eigenvalue weighted by Crippen LogP contribution is -2.50. The molecule has 2 fully saturated rings. The predicted molar refractivity (Wildman–Crippen MR) is 144 cm³/mol. The van der Waals surface area contributed by atoms with Crippen molar-refractivity contribution in [2.24, 2.45) is 0 Å². The number of hydrogen-bond acceptors (Lipinski definition) is 5. The van der Waals surface area contributed by atoms with Crippen LogP contribution in [0.1, 0.15) is 36.8 Å². The number of benzene rings is 3. The Balaban J connectivity index is 1.05. The molecule has 1 saturated carbocycles. The fourth-order valence-electron chi connectivity index (χ4n) is 5.47. The van der Waals surface area contributed by atoms with Crippen LogP contribution in [-0.2, 0) is 15.7 Å². The summed E-state index contributed by atoms with van der Waals surface area (Å²) in [5.41, 5.74) is 0.0455. The first-order valence-electron chi connectivity index (χ1n) is 13.4. The third-order valence-electron chi connectivity index (χ3n) is 7.72. The van der Waals surface area contributed by atoms with Crippen molar-refractivity contribution >= 4 is 28.1 Å². The van der Waals surface area contributed by atoms with Gasteiger partial charge in [-0.25, -0.2) is 4.39 Å².